The number of nitrogens with zero attached hydrogens (tertiary/aromatic N) is 2. The molecule has 31 heavy (non-hydrogen) atoms. The Morgan fingerprint density at radius 3 is 2.71 bits per heavy atom. The van der Waals surface area contributed by atoms with Gasteiger partial charge in [0.2, 0.25) is 11.8 Å². The second-order valence-corrected chi connectivity index (χ2v) is 8.02. The van der Waals surface area contributed by atoms with Gasteiger partial charge >= 0.3 is 0 Å². The van der Waals surface area contributed by atoms with Crippen LogP contribution in [-0.2, 0) is 22.7 Å². The number of carbonyl (C=O) groups excluding carboxylic acids is 2. The SMILES string of the molecule is N#Cc1cccc(CN2CCCC(C(=O)NCc3ccccc3)CCNC(=O)CC2)c1. The van der Waals surface area contributed by atoms with Gasteiger partial charge in [-0.3, -0.25) is 14.5 Å². The molecule has 3 rings (SSSR count). The summed E-state index contributed by atoms with van der Waals surface area (Å²) in [6.45, 7) is 3.20. The summed E-state index contributed by atoms with van der Waals surface area (Å²) < 4.78 is 0. The highest BCUT2D eigenvalue weighted by Crippen LogP contribution is 2.15. The van der Waals surface area contributed by atoms with E-state index in [9.17, 15) is 9.59 Å². The molecule has 1 atom stereocenters. The molecule has 1 unspecified atom stereocenters. The monoisotopic (exact) mass is 418 g/mol. The van der Waals surface area contributed by atoms with Gasteiger partial charge in [0.05, 0.1) is 11.6 Å². The van der Waals surface area contributed by atoms with Crippen molar-refractivity contribution in [2.75, 3.05) is 19.6 Å². The lowest BCUT2D eigenvalue weighted by molar-refractivity contribution is -0.126. The predicted octanol–water partition coefficient (Wildman–Crippen LogP) is 2.98. The minimum absolute atomic E-state index is 0.0149. The lowest BCUT2D eigenvalue weighted by Gasteiger charge is -2.23. The number of benzene rings is 2. The van der Waals surface area contributed by atoms with Gasteiger partial charge in [0.1, 0.15) is 0 Å². The molecule has 2 amide bonds. The van der Waals surface area contributed by atoms with Gasteiger partial charge in [-0.25, -0.2) is 0 Å². The van der Waals surface area contributed by atoms with E-state index in [4.69, 9.17) is 5.26 Å². The summed E-state index contributed by atoms with van der Waals surface area (Å²) in [6.07, 6.45) is 2.75. The zero-order chi connectivity index (χ0) is 21.9. The Labute approximate surface area is 184 Å². The topological polar surface area (TPSA) is 85.2 Å². The Morgan fingerprint density at radius 1 is 1.10 bits per heavy atom. The molecule has 1 fully saturated rings. The first-order valence-corrected chi connectivity index (χ1v) is 10.9. The van der Waals surface area contributed by atoms with E-state index in [1.54, 1.807) is 6.07 Å². The Kier molecular flexibility index (Phi) is 8.62. The quantitative estimate of drug-likeness (QED) is 0.782. The molecule has 0 aromatic heterocycles. The summed E-state index contributed by atoms with van der Waals surface area (Å²) in [5.74, 6) is -0.0578. The molecular weight excluding hydrogens is 388 g/mol. The highest BCUT2D eigenvalue weighted by Gasteiger charge is 2.20. The van der Waals surface area contributed by atoms with Gasteiger partial charge in [0.15, 0.2) is 0 Å². The fraction of sp³-hybridized carbons (Fsp3) is 0.400. The Bertz CT molecular complexity index is 907. The Hall–Kier alpha value is -3.17. The third-order valence-corrected chi connectivity index (χ3v) is 5.64. The van der Waals surface area contributed by atoms with E-state index in [1.165, 1.54) is 0 Å². The van der Waals surface area contributed by atoms with Crippen molar-refractivity contribution in [1.29, 1.82) is 5.26 Å². The summed E-state index contributed by atoms with van der Waals surface area (Å²) in [5, 5.41) is 15.1. The van der Waals surface area contributed by atoms with Crippen molar-refractivity contribution in [3.63, 3.8) is 0 Å². The molecule has 1 saturated heterocycles. The number of hydrogen-bond donors (Lipinski definition) is 2. The predicted molar refractivity (Wildman–Crippen MR) is 120 cm³/mol. The molecule has 162 valence electrons. The normalized spacial score (nSPS) is 18.3. The smallest absolute Gasteiger partial charge is 0.223 e. The fourth-order valence-corrected chi connectivity index (χ4v) is 3.90. The highest BCUT2D eigenvalue weighted by molar-refractivity contribution is 5.79. The van der Waals surface area contributed by atoms with Gasteiger partial charge < -0.3 is 10.6 Å². The molecule has 2 aromatic carbocycles. The zero-order valence-electron chi connectivity index (χ0n) is 17.8. The molecule has 0 radical (unpaired) electrons. The van der Waals surface area contributed by atoms with E-state index >= 15 is 0 Å². The maximum atomic E-state index is 12.8. The van der Waals surface area contributed by atoms with Gasteiger partial charge in [0.25, 0.3) is 0 Å². The molecule has 2 N–H and O–H groups in total. The van der Waals surface area contributed by atoms with Crippen LogP contribution in [0.5, 0.6) is 0 Å². The van der Waals surface area contributed by atoms with Crippen LogP contribution in [0, 0.1) is 17.2 Å². The van der Waals surface area contributed by atoms with Gasteiger partial charge in [-0.1, -0.05) is 42.5 Å². The van der Waals surface area contributed by atoms with Crippen LogP contribution in [0.2, 0.25) is 0 Å². The van der Waals surface area contributed by atoms with E-state index in [-0.39, 0.29) is 17.7 Å². The van der Waals surface area contributed by atoms with Crippen LogP contribution in [-0.4, -0.2) is 36.3 Å². The largest absolute Gasteiger partial charge is 0.356 e. The first kappa shape index (κ1) is 22.5. The molecule has 0 saturated carbocycles. The third kappa shape index (κ3) is 7.54. The number of hydrogen-bond acceptors (Lipinski definition) is 4. The van der Waals surface area contributed by atoms with Crippen LogP contribution in [0.4, 0.5) is 0 Å². The van der Waals surface area contributed by atoms with Crippen molar-refractivity contribution in [1.82, 2.24) is 15.5 Å². The molecule has 0 bridgehead atoms. The molecule has 0 aliphatic carbocycles. The van der Waals surface area contributed by atoms with Gasteiger partial charge in [-0.05, 0) is 49.1 Å². The van der Waals surface area contributed by atoms with Gasteiger partial charge in [-0.15, -0.1) is 0 Å². The summed E-state index contributed by atoms with van der Waals surface area (Å²) in [5.41, 5.74) is 2.78. The standard InChI is InChI=1S/C25H30N4O2/c26-17-21-8-4-9-22(16-21)19-29-14-5-10-23(11-13-27-24(30)12-15-29)25(31)28-18-20-6-2-1-3-7-20/h1-4,6-9,16,23H,5,10-15,18-19H2,(H,27,30)(H,28,31). The van der Waals surface area contributed by atoms with Crippen molar-refractivity contribution in [2.24, 2.45) is 5.92 Å². The second-order valence-electron chi connectivity index (χ2n) is 8.02. The Balaban J connectivity index is 1.58. The molecule has 0 spiro atoms. The lowest BCUT2D eigenvalue weighted by atomic mass is 9.97. The molecule has 2 aromatic rings. The van der Waals surface area contributed by atoms with Crippen LogP contribution < -0.4 is 10.6 Å². The number of nitrogens with one attached hydrogen (secondary N) is 2. The first-order valence-electron chi connectivity index (χ1n) is 10.9. The maximum Gasteiger partial charge on any atom is 0.223 e. The molecule has 1 aliphatic heterocycles. The van der Waals surface area contributed by atoms with E-state index < -0.39 is 0 Å². The summed E-state index contributed by atoms with van der Waals surface area (Å²) in [4.78, 5) is 27.2. The molecule has 6 heteroatoms. The fourth-order valence-electron chi connectivity index (χ4n) is 3.90. The Morgan fingerprint density at radius 2 is 1.90 bits per heavy atom. The van der Waals surface area contributed by atoms with Crippen molar-refractivity contribution in [3.05, 3.63) is 71.3 Å². The van der Waals surface area contributed by atoms with E-state index in [0.717, 1.165) is 30.5 Å². The summed E-state index contributed by atoms with van der Waals surface area (Å²) in [6, 6.07) is 19.6. The lowest BCUT2D eigenvalue weighted by Crippen LogP contribution is -2.33. The summed E-state index contributed by atoms with van der Waals surface area (Å²) in [7, 11) is 0. The van der Waals surface area contributed by atoms with Crippen LogP contribution in [0.15, 0.2) is 54.6 Å². The van der Waals surface area contributed by atoms with Gasteiger partial charge in [-0.2, -0.15) is 5.26 Å². The van der Waals surface area contributed by atoms with E-state index in [1.807, 2.05) is 48.5 Å². The highest BCUT2D eigenvalue weighted by atomic mass is 16.2. The molecule has 6 nitrogen and oxygen atoms in total. The van der Waals surface area contributed by atoms with Crippen molar-refractivity contribution in [3.8, 4) is 6.07 Å². The van der Waals surface area contributed by atoms with Crippen LogP contribution in [0.25, 0.3) is 0 Å². The zero-order valence-corrected chi connectivity index (χ0v) is 17.8. The number of rotatable bonds is 5. The van der Waals surface area contributed by atoms with Crippen molar-refractivity contribution < 1.29 is 9.59 Å². The minimum atomic E-state index is -0.120. The average Bonchev–Trinajstić information content (AvgIpc) is 2.84. The number of nitriles is 1. The summed E-state index contributed by atoms with van der Waals surface area (Å²) >= 11 is 0. The average molecular weight is 419 g/mol. The third-order valence-electron chi connectivity index (χ3n) is 5.64. The molecule has 1 heterocycles. The minimum Gasteiger partial charge on any atom is -0.356 e. The van der Waals surface area contributed by atoms with Crippen LogP contribution >= 0.6 is 0 Å². The van der Waals surface area contributed by atoms with E-state index in [0.29, 0.717) is 44.6 Å². The van der Waals surface area contributed by atoms with Gasteiger partial charge in [0, 0.05) is 38.5 Å². The van der Waals surface area contributed by atoms with E-state index in [2.05, 4.69) is 21.6 Å². The van der Waals surface area contributed by atoms with Crippen molar-refractivity contribution in [2.45, 2.75) is 38.8 Å². The maximum absolute atomic E-state index is 12.8. The second kappa shape index (κ2) is 11.9. The van der Waals surface area contributed by atoms with Crippen LogP contribution in [0.1, 0.15) is 42.4 Å². The first-order chi connectivity index (χ1) is 15.1. The van der Waals surface area contributed by atoms with Crippen molar-refractivity contribution >= 4 is 11.8 Å². The van der Waals surface area contributed by atoms with Crippen LogP contribution in [0.3, 0.4) is 0 Å². The molecule has 1 aliphatic rings. The number of amides is 2. The number of carbonyl (C=O) groups is 2. The molecular formula is C25H30N4O2.